The van der Waals surface area contributed by atoms with E-state index in [-0.39, 0.29) is 11.7 Å². The lowest BCUT2D eigenvalue weighted by molar-refractivity contribution is 0.0962. The van der Waals surface area contributed by atoms with Gasteiger partial charge in [0.15, 0.2) is 0 Å². The van der Waals surface area contributed by atoms with Gasteiger partial charge in [-0.3, -0.25) is 4.79 Å². The molecule has 0 unspecified atom stereocenters. The number of carbonyl (C=O) groups excluding carboxylic acids is 1. The van der Waals surface area contributed by atoms with Crippen molar-refractivity contribution in [3.63, 3.8) is 0 Å². The molecule has 0 aliphatic carbocycles. The van der Waals surface area contributed by atoms with Gasteiger partial charge in [-0.2, -0.15) is 5.10 Å². The normalized spacial score (nSPS) is 10.8. The van der Waals surface area contributed by atoms with Gasteiger partial charge in [0.1, 0.15) is 10.6 Å². The van der Waals surface area contributed by atoms with E-state index in [0.29, 0.717) is 11.4 Å². The summed E-state index contributed by atoms with van der Waals surface area (Å²) in [6, 6.07) is 7.95. The number of aryl methyl sites for hydroxylation is 1. The molecule has 2 heterocycles. The monoisotopic (exact) mass is 315 g/mol. The number of nitrogens with zero attached hydrogens (tertiary/aromatic N) is 2. The number of aromatic nitrogens is 2. The molecule has 0 bridgehead atoms. The number of nitrogens with one attached hydrogen (secondary N) is 1. The minimum absolute atomic E-state index is 0.133. The van der Waals surface area contributed by atoms with Gasteiger partial charge in [-0.05, 0) is 37.3 Å². The second kappa shape index (κ2) is 5.73. The van der Waals surface area contributed by atoms with Crippen molar-refractivity contribution in [1.29, 1.82) is 0 Å². The number of amides is 1. The third-order valence-electron chi connectivity index (χ3n) is 3.25. The van der Waals surface area contributed by atoms with Crippen LogP contribution in [0.3, 0.4) is 0 Å². The van der Waals surface area contributed by atoms with Crippen LogP contribution in [0.2, 0.25) is 0 Å². The van der Waals surface area contributed by atoms with Crippen molar-refractivity contribution in [1.82, 2.24) is 15.1 Å². The molecule has 0 fully saturated rings. The SMILES string of the molecule is C=CCNC(=O)c1cc2c(C)nn(-c3ccc(F)cc3)c2s1. The number of thiophene rings is 1. The summed E-state index contributed by atoms with van der Waals surface area (Å²) < 4.78 is 14.8. The molecular formula is C16H14FN3OS. The molecule has 0 saturated carbocycles. The Morgan fingerprint density at radius 3 is 2.86 bits per heavy atom. The van der Waals surface area contributed by atoms with Crippen LogP contribution in [-0.4, -0.2) is 22.2 Å². The number of halogens is 1. The molecule has 0 saturated heterocycles. The molecule has 3 aromatic rings. The molecule has 0 aliphatic rings. The number of carbonyl (C=O) groups is 1. The van der Waals surface area contributed by atoms with Crippen molar-refractivity contribution < 1.29 is 9.18 Å². The first kappa shape index (κ1) is 14.5. The highest BCUT2D eigenvalue weighted by molar-refractivity contribution is 7.20. The average Bonchev–Trinajstić information content (AvgIpc) is 3.07. The van der Waals surface area contributed by atoms with E-state index in [9.17, 15) is 9.18 Å². The molecule has 0 radical (unpaired) electrons. The van der Waals surface area contributed by atoms with Crippen molar-refractivity contribution in [3.05, 3.63) is 59.4 Å². The Kier molecular flexibility index (Phi) is 3.77. The van der Waals surface area contributed by atoms with E-state index in [4.69, 9.17) is 0 Å². The minimum Gasteiger partial charge on any atom is -0.348 e. The van der Waals surface area contributed by atoms with Crippen LogP contribution in [0.4, 0.5) is 4.39 Å². The van der Waals surface area contributed by atoms with E-state index >= 15 is 0 Å². The molecule has 1 aromatic carbocycles. The molecule has 6 heteroatoms. The van der Waals surface area contributed by atoms with Crippen molar-refractivity contribution >= 4 is 27.5 Å². The molecule has 0 aliphatic heterocycles. The first-order valence-corrected chi connectivity index (χ1v) is 7.56. The molecule has 4 nitrogen and oxygen atoms in total. The van der Waals surface area contributed by atoms with Crippen LogP contribution < -0.4 is 5.32 Å². The van der Waals surface area contributed by atoms with Gasteiger partial charge in [0.25, 0.3) is 5.91 Å². The summed E-state index contributed by atoms with van der Waals surface area (Å²) in [6.45, 7) is 5.89. The average molecular weight is 315 g/mol. The first-order chi connectivity index (χ1) is 10.6. The maximum Gasteiger partial charge on any atom is 0.261 e. The summed E-state index contributed by atoms with van der Waals surface area (Å²) in [7, 11) is 0. The largest absolute Gasteiger partial charge is 0.348 e. The van der Waals surface area contributed by atoms with Gasteiger partial charge in [-0.25, -0.2) is 9.07 Å². The summed E-state index contributed by atoms with van der Waals surface area (Å²) >= 11 is 1.36. The number of benzene rings is 1. The highest BCUT2D eigenvalue weighted by atomic mass is 32.1. The Labute approximate surface area is 130 Å². The highest BCUT2D eigenvalue weighted by Crippen LogP contribution is 2.30. The number of hydrogen-bond acceptors (Lipinski definition) is 3. The Balaban J connectivity index is 2.05. The van der Waals surface area contributed by atoms with Crippen molar-refractivity contribution in [2.75, 3.05) is 6.54 Å². The zero-order chi connectivity index (χ0) is 15.7. The smallest absolute Gasteiger partial charge is 0.261 e. The van der Waals surface area contributed by atoms with Gasteiger partial charge in [0.05, 0.1) is 16.3 Å². The number of rotatable bonds is 4. The zero-order valence-corrected chi connectivity index (χ0v) is 12.8. The topological polar surface area (TPSA) is 46.9 Å². The van der Waals surface area contributed by atoms with Crippen LogP contribution in [-0.2, 0) is 0 Å². The highest BCUT2D eigenvalue weighted by Gasteiger charge is 2.16. The van der Waals surface area contributed by atoms with Gasteiger partial charge in [-0.15, -0.1) is 17.9 Å². The van der Waals surface area contributed by atoms with E-state index in [1.54, 1.807) is 22.9 Å². The molecule has 22 heavy (non-hydrogen) atoms. The van der Waals surface area contributed by atoms with Crippen LogP contribution in [0.15, 0.2) is 43.0 Å². The summed E-state index contributed by atoms with van der Waals surface area (Å²) in [5.41, 5.74) is 1.60. The lowest BCUT2D eigenvalue weighted by atomic mass is 10.3. The van der Waals surface area contributed by atoms with Crippen LogP contribution in [0, 0.1) is 12.7 Å². The fraction of sp³-hybridized carbons (Fsp3) is 0.125. The molecule has 1 amide bonds. The van der Waals surface area contributed by atoms with Gasteiger partial charge in [0.2, 0.25) is 0 Å². The zero-order valence-electron chi connectivity index (χ0n) is 12.0. The van der Waals surface area contributed by atoms with E-state index in [0.717, 1.165) is 21.6 Å². The maximum atomic E-state index is 13.1. The molecule has 0 spiro atoms. The Bertz CT molecular complexity index is 848. The fourth-order valence-electron chi connectivity index (χ4n) is 2.17. The molecule has 0 atom stereocenters. The summed E-state index contributed by atoms with van der Waals surface area (Å²) in [4.78, 5) is 13.5. The van der Waals surface area contributed by atoms with Gasteiger partial charge in [0, 0.05) is 11.9 Å². The van der Waals surface area contributed by atoms with Crippen molar-refractivity contribution in [3.8, 4) is 5.69 Å². The molecule has 1 N–H and O–H groups in total. The van der Waals surface area contributed by atoms with Gasteiger partial charge >= 0.3 is 0 Å². The van der Waals surface area contributed by atoms with E-state index < -0.39 is 0 Å². The summed E-state index contributed by atoms with van der Waals surface area (Å²) in [5, 5.41) is 8.16. The molecule has 3 rings (SSSR count). The van der Waals surface area contributed by atoms with Crippen LogP contribution in [0.5, 0.6) is 0 Å². The van der Waals surface area contributed by atoms with Gasteiger partial charge < -0.3 is 5.32 Å². The minimum atomic E-state index is -0.292. The predicted octanol–water partition coefficient (Wildman–Crippen LogP) is 3.45. The fourth-order valence-corrected chi connectivity index (χ4v) is 3.27. The number of hydrogen-bond donors (Lipinski definition) is 1. The first-order valence-electron chi connectivity index (χ1n) is 6.74. The third kappa shape index (κ3) is 2.53. The molecule has 112 valence electrons. The van der Waals surface area contributed by atoms with Crippen LogP contribution >= 0.6 is 11.3 Å². The Morgan fingerprint density at radius 1 is 1.45 bits per heavy atom. The van der Waals surface area contributed by atoms with E-state index in [2.05, 4.69) is 17.0 Å². The van der Waals surface area contributed by atoms with Crippen molar-refractivity contribution in [2.45, 2.75) is 6.92 Å². The van der Waals surface area contributed by atoms with Gasteiger partial charge in [-0.1, -0.05) is 6.08 Å². The second-order valence-electron chi connectivity index (χ2n) is 4.80. The lowest BCUT2D eigenvalue weighted by Crippen LogP contribution is -2.22. The molecule has 2 aromatic heterocycles. The standard InChI is InChI=1S/C16H14FN3OS/c1-3-8-18-15(21)14-9-13-10(2)19-20(16(13)22-14)12-6-4-11(17)5-7-12/h3-7,9H,1,8H2,2H3,(H,18,21). The predicted molar refractivity (Wildman–Crippen MR) is 86.2 cm³/mol. The molecular weight excluding hydrogens is 301 g/mol. The summed E-state index contributed by atoms with van der Waals surface area (Å²) in [5.74, 6) is -0.425. The van der Waals surface area contributed by atoms with E-state index in [1.807, 2.05) is 13.0 Å². The summed E-state index contributed by atoms with van der Waals surface area (Å²) in [6.07, 6.45) is 1.64. The number of fused-ring (bicyclic) bond motifs is 1. The Hall–Kier alpha value is -2.47. The third-order valence-corrected chi connectivity index (χ3v) is 4.36. The van der Waals surface area contributed by atoms with Crippen molar-refractivity contribution in [2.24, 2.45) is 0 Å². The Morgan fingerprint density at radius 2 is 2.18 bits per heavy atom. The maximum absolute atomic E-state index is 13.1. The second-order valence-corrected chi connectivity index (χ2v) is 5.83. The van der Waals surface area contributed by atoms with Crippen LogP contribution in [0.1, 0.15) is 15.4 Å². The van der Waals surface area contributed by atoms with E-state index in [1.165, 1.54) is 23.5 Å². The quantitative estimate of drug-likeness (QED) is 0.750. The lowest BCUT2D eigenvalue weighted by Gasteiger charge is -2.02. The van der Waals surface area contributed by atoms with Crippen LogP contribution in [0.25, 0.3) is 15.9 Å².